The molecule has 3 aliphatic heterocycles. The van der Waals surface area contributed by atoms with Gasteiger partial charge in [0.1, 0.15) is 0 Å². The van der Waals surface area contributed by atoms with Gasteiger partial charge in [0.2, 0.25) is 5.13 Å². The van der Waals surface area contributed by atoms with Crippen molar-refractivity contribution in [2.24, 2.45) is 11.8 Å². The average Bonchev–Trinajstić information content (AvgIpc) is 3.35. The number of hydrogen-bond donors (Lipinski definition) is 0. The molecule has 5 rings (SSSR count). The van der Waals surface area contributed by atoms with Gasteiger partial charge in [-0.25, -0.2) is 14.5 Å². The van der Waals surface area contributed by atoms with Gasteiger partial charge in [0.15, 0.2) is 5.82 Å². The minimum Gasteiger partial charge on any atom is -0.405 e. The van der Waals surface area contributed by atoms with E-state index in [-0.39, 0.29) is 11.8 Å². The maximum absolute atomic E-state index is 12.0. The maximum atomic E-state index is 12.0. The normalized spacial score (nSPS) is 26.2. The summed E-state index contributed by atoms with van der Waals surface area (Å²) in [6.07, 6.45) is 2.23. The zero-order chi connectivity index (χ0) is 19.3. The van der Waals surface area contributed by atoms with Gasteiger partial charge in [-0.1, -0.05) is 30.3 Å². The molecule has 2 saturated heterocycles. The zero-order valence-corrected chi connectivity index (χ0v) is 16.0. The van der Waals surface area contributed by atoms with Gasteiger partial charge in [0.25, 0.3) is 0 Å². The van der Waals surface area contributed by atoms with Crippen LogP contribution < -0.4 is 4.90 Å². The lowest BCUT2D eigenvalue weighted by Gasteiger charge is -2.36. The Morgan fingerprint density at radius 1 is 1.07 bits per heavy atom. The average molecular weight is 398 g/mol. The van der Waals surface area contributed by atoms with Crippen LogP contribution in [0.25, 0.3) is 11.4 Å². The van der Waals surface area contributed by atoms with Gasteiger partial charge in [-0.3, -0.25) is 0 Å². The van der Waals surface area contributed by atoms with E-state index in [1.165, 1.54) is 11.5 Å². The van der Waals surface area contributed by atoms with Crippen molar-refractivity contribution in [1.82, 2.24) is 14.3 Å². The number of benzene rings is 1. The molecule has 2 atom stereocenters. The fraction of sp³-hybridized carbons (Fsp3) is 0.368. The summed E-state index contributed by atoms with van der Waals surface area (Å²) in [5.41, 5.74) is 0.971. The lowest BCUT2D eigenvalue weighted by Crippen LogP contribution is -2.53. The summed E-state index contributed by atoms with van der Waals surface area (Å²) < 4.78 is 15.7. The number of rotatable bonds is 2. The molecule has 0 saturated carbocycles. The Balaban J connectivity index is 1.40. The number of likely N-dealkylation sites (tertiary alicyclic amines) is 1. The SMILES string of the molecule is CN1CC2CN(c3nc(-c4ccccc4)ns3)CC2C12OC(=O)C=CC(=O)O2. The molecule has 9 heteroatoms. The first-order valence-corrected chi connectivity index (χ1v) is 9.82. The van der Waals surface area contributed by atoms with Crippen molar-refractivity contribution in [2.75, 3.05) is 31.6 Å². The molecule has 2 aromatic rings. The minimum atomic E-state index is -1.37. The van der Waals surface area contributed by atoms with Gasteiger partial charge in [-0.05, 0) is 7.05 Å². The molecule has 1 spiro atoms. The van der Waals surface area contributed by atoms with Crippen molar-refractivity contribution in [1.29, 1.82) is 0 Å². The van der Waals surface area contributed by atoms with Gasteiger partial charge in [-0.15, -0.1) is 0 Å². The molecule has 4 heterocycles. The minimum absolute atomic E-state index is 0.158. The number of hydrogen-bond acceptors (Lipinski definition) is 9. The highest BCUT2D eigenvalue weighted by Gasteiger charge is 2.62. The van der Waals surface area contributed by atoms with Crippen molar-refractivity contribution >= 4 is 28.6 Å². The van der Waals surface area contributed by atoms with Crippen LogP contribution in [0.5, 0.6) is 0 Å². The van der Waals surface area contributed by atoms with E-state index in [0.29, 0.717) is 18.9 Å². The first-order valence-electron chi connectivity index (χ1n) is 9.04. The molecule has 8 nitrogen and oxygen atoms in total. The van der Waals surface area contributed by atoms with Crippen LogP contribution in [0.2, 0.25) is 0 Å². The van der Waals surface area contributed by atoms with Crippen LogP contribution in [0.4, 0.5) is 5.13 Å². The molecule has 3 aliphatic rings. The quantitative estimate of drug-likeness (QED) is 0.704. The second kappa shape index (κ2) is 6.39. The summed E-state index contributed by atoms with van der Waals surface area (Å²) in [7, 11) is 1.81. The fourth-order valence-electron chi connectivity index (χ4n) is 4.26. The Hall–Kier alpha value is -2.78. The smallest absolute Gasteiger partial charge is 0.335 e. The molecule has 2 unspecified atom stereocenters. The fourth-order valence-corrected chi connectivity index (χ4v) is 4.96. The summed E-state index contributed by atoms with van der Waals surface area (Å²) >= 11 is 1.34. The summed E-state index contributed by atoms with van der Waals surface area (Å²) in [6.45, 7) is 1.97. The molecular formula is C19H18N4O4S. The maximum Gasteiger partial charge on any atom is 0.335 e. The molecule has 1 aromatic carbocycles. The second-order valence-electron chi connectivity index (χ2n) is 7.22. The number of nitrogens with zero attached hydrogens (tertiary/aromatic N) is 4. The van der Waals surface area contributed by atoms with E-state index in [2.05, 4.69) is 14.3 Å². The number of carbonyl (C=O) groups excluding carboxylic acids is 2. The van der Waals surface area contributed by atoms with Gasteiger partial charge < -0.3 is 14.4 Å². The largest absolute Gasteiger partial charge is 0.405 e. The Labute approximate surface area is 165 Å². The first kappa shape index (κ1) is 17.3. The molecule has 144 valence electrons. The predicted molar refractivity (Wildman–Crippen MR) is 101 cm³/mol. The molecule has 28 heavy (non-hydrogen) atoms. The molecular weight excluding hydrogens is 380 g/mol. The third-order valence-corrected chi connectivity index (χ3v) is 6.29. The molecule has 0 aliphatic carbocycles. The number of ether oxygens (including phenoxy) is 2. The lowest BCUT2D eigenvalue weighted by atomic mass is 9.97. The highest BCUT2D eigenvalue weighted by molar-refractivity contribution is 7.09. The molecule has 0 N–H and O–H groups in total. The second-order valence-corrected chi connectivity index (χ2v) is 7.96. The number of carbonyl (C=O) groups is 2. The van der Waals surface area contributed by atoms with E-state index >= 15 is 0 Å². The van der Waals surface area contributed by atoms with Crippen molar-refractivity contribution in [3.05, 3.63) is 42.5 Å². The Bertz CT molecular complexity index is 940. The van der Waals surface area contributed by atoms with E-state index in [4.69, 9.17) is 9.47 Å². The molecule has 2 fully saturated rings. The van der Waals surface area contributed by atoms with Crippen LogP contribution >= 0.6 is 11.5 Å². The van der Waals surface area contributed by atoms with Crippen LogP contribution in [-0.2, 0) is 19.1 Å². The van der Waals surface area contributed by atoms with Crippen molar-refractivity contribution in [2.45, 2.75) is 5.91 Å². The number of esters is 2. The standard InChI is InChI=1S/C19H18N4O4S/c1-22-9-13-10-23(18-20-17(21-28-18)12-5-3-2-4-6-12)11-14(13)19(22)26-15(24)7-8-16(25)27-19/h2-8,13-14H,9-11H2,1H3. The van der Waals surface area contributed by atoms with Gasteiger partial charge in [-0.2, -0.15) is 9.36 Å². The van der Waals surface area contributed by atoms with E-state index in [1.807, 2.05) is 42.3 Å². The van der Waals surface area contributed by atoms with Crippen molar-refractivity contribution in [3.8, 4) is 11.4 Å². The number of anilines is 1. The van der Waals surface area contributed by atoms with Crippen LogP contribution in [-0.4, -0.2) is 58.8 Å². The van der Waals surface area contributed by atoms with E-state index in [9.17, 15) is 9.59 Å². The zero-order valence-electron chi connectivity index (χ0n) is 15.1. The van der Waals surface area contributed by atoms with Gasteiger partial charge in [0, 0.05) is 54.8 Å². The molecule has 0 radical (unpaired) electrons. The van der Waals surface area contributed by atoms with Crippen LogP contribution in [0, 0.1) is 11.8 Å². The molecule has 0 bridgehead atoms. The topological polar surface area (TPSA) is 84.9 Å². The van der Waals surface area contributed by atoms with Crippen LogP contribution in [0.15, 0.2) is 42.5 Å². The first-order chi connectivity index (χ1) is 13.5. The summed E-state index contributed by atoms with van der Waals surface area (Å²) in [6, 6.07) is 9.83. The highest BCUT2D eigenvalue weighted by atomic mass is 32.1. The Morgan fingerprint density at radius 3 is 2.50 bits per heavy atom. The third-order valence-electron chi connectivity index (χ3n) is 5.52. The van der Waals surface area contributed by atoms with Gasteiger partial charge >= 0.3 is 17.8 Å². The van der Waals surface area contributed by atoms with Gasteiger partial charge in [0.05, 0.1) is 5.92 Å². The highest BCUT2D eigenvalue weighted by Crippen LogP contribution is 2.46. The van der Waals surface area contributed by atoms with E-state index < -0.39 is 17.8 Å². The third kappa shape index (κ3) is 2.70. The molecule has 1 aromatic heterocycles. The Morgan fingerprint density at radius 2 is 1.79 bits per heavy atom. The van der Waals surface area contributed by atoms with Crippen molar-refractivity contribution in [3.63, 3.8) is 0 Å². The summed E-state index contributed by atoms with van der Waals surface area (Å²) in [5, 5.41) is 0.815. The predicted octanol–water partition coefficient (Wildman–Crippen LogP) is 1.51. The summed E-state index contributed by atoms with van der Waals surface area (Å²) in [5.74, 6) is -1.79. The monoisotopic (exact) mass is 398 g/mol. The van der Waals surface area contributed by atoms with Crippen molar-refractivity contribution < 1.29 is 19.1 Å². The lowest BCUT2D eigenvalue weighted by molar-refractivity contribution is -0.280. The van der Waals surface area contributed by atoms with E-state index in [1.54, 1.807) is 0 Å². The van der Waals surface area contributed by atoms with Crippen LogP contribution in [0.3, 0.4) is 0 Å². The Kier molecular flexibility index (Phi) is 3.95. The summed E-state index contributed by atoms with van der Waals surface area (Å²) in [4.78, 5) is 32.7. The van der Waals surface area contributed by atoms with Crippen LogP contribution in [0.1, 0.15) is 0 Å². The number of aromatic nitrogens is 2. The van der Waals surface area contributed by atoms with E-state index in [0.717, 1.165) is 29.4 Å². The molecule has 0 amide bonds. The number of fused-ring (bicyclic) bond motifs is 2.